The predicted octanol–water partition coefficient (Wildman–Crippen LogP) is 1.85. The Kier molecular flexibility index (Phi) is 3.96. The van der Waals surface area contributed by atoms with E-state index in [-0.39, 0.29) is 11.8 Å². The van der Waals surface area contributed by atoms with Gasteiger partial charge in [-0.05, 0) is 37.1 Å². The lowest BCUT2D eigenvalue weighted by Crippen LogP contribution is -2.30. The summed E-state index contributed by atoms with van der Waals surface area (Å²) in [6, 6.07) is 7.55. The molecule has 21 heavy (non-hydrogen) atoms. The molecule has 110 valence electrons. The van der Waals surface area contributed by atoms with Crippen molar-refractivity contribution >= 4 is 11.6 Å². The van der Waals surface area contributed by atoms with Crippen LogP contribution in [0.3, 0.4) is 0 Å². The quantitative estimate of drug-likeness (QED) is 0.935. The average Bonchev–Trinajstić information content (AvgIpc) is 2.95. The highest BCUT2D eigenvalue weighted by Crippen LogP contribution is 2.20. The fourth-order valence-corrected chi connectivity index (χ4v) is 2.37. The highest BCUT2D eigenvalue weighted by Gasteiger charge is 2.21. The number of aromatic nitrogens is 3. The van der Waals surface area contributed by atoms with Gasteiger partial charge in [-0.3, -0.25) is 9.48 Å². The van der Waals surface area contributed by atoms with Crippen LogP contribution in [0.1, 0.15) is 12.8 Å². The lowest BCUT2D eigenvalue weighted by Gasteiger charge is -2.21. The van der Waals surface area contributed by atoms with Crippen LogP contribution in [-0.2, 0) is 16.6 Å². The molecule has 1 aromatic heterocycles. The summed E-state index contributed by atoms with van der Waals surface area (Å²) in [5.41, 5.74) is 1.71. The zero-order chi connectivity index (χ0) is 14.7. The number of anilines is 1. The molecule has 1 aliphatic rings. The van der Waals surface area contributed by atoms with Crippen molar-refractivity contribution in [1.29, 1.82) is 0 Å². The first kappa shape index (κ1) is 13.8. The third kappa shape index (κ3) is 3.28. The van der Waals surface area contributed by atoms with Gasteiger partial charge in [-0.1, -0.05) is 0 Å². The molecule has 1 fully saturated rings. The second kappa shape index (κ2) is 6.05. The van der Waals surface area contributed by atoms with Crippen molar-refractivity contribution in [3.05, 3.63) is 30.6 Å². The van der Waals surface area contributed by atoms with Gasteiger partial charge in [0.05, 0.1) is 12.5 Å². The standard InChI is InChI=1S/C15H18N4O2/c1-19-10-16-14(18-19)11-4-6-13(7-5-11)17-15(20)12-3-2-8-21-9-12/h4-7,10,12H,2-3,8-9H2,1H3,(H,17,20)/t12-/m0/s1. The maximum atomic E-state index is 12.1. The molecule has 0 saturated carbocycles. The highest BCUT2D eigenvalue weighted by molar-refractivity contribution is 5.92. The van der Waals surface area contributed by atoms with E-state index in [4.69, 9.17) is 4.74 Å². The molecule has 0 unspecified atom stereocenters. The van der Waals surface area contributed by atoms with Crippen molar-refractivity contribution in [3.8, 4) is 11.4 Å². The summed E-state index contributed by atoms with van der Waals surface area (Å²) in [5.74, 6) is 0.658. The normalized spacial score (nSPS) is 18.4. The number of carbonyl (C=O) groups excluding carboxylic acids is 1. The molecular formula is C15H18N4O2. The van der Waals surface area contributed by atoms with E-state index in [1.807, 2.05) is 31.3 Å². The van der Waals surface area contributed by atoms with E-state index < -0.39 is 0 Å². The van der Waals surface area contributed by atoms with Crippen molar-refractivity contribution in [3.63, 3.8) is 0 Å². The van der Waals surface area contributed by atoms with E-state index in [9.17, 15) is 4.79 Å². The summed E-state index contributed by atoms with van der Waals surface area (Å²) in [7, 11) is 1.83. The molecule has 1 aliphatic heterocycles. The van der Waals surface area contributed by atoms with Crippen molar-refractivity contribution in [2.75, 3.05) is 18.5 Å². The Hall–Kier alpha value is -2.21. The number of nitrogens with zero attached hydrogens (tertiary/aromatic N) is 3. The second-order valence-corrected chi connectivity index (χ2v) is 5.22. The van der Waals surface area contributed by atoms with Crippen molar-refractivity contribution < 1.29 is 9.53 Å². The summed E-state index contributed by atoms with van der Waals surface area (Å²) in [5, 5.41) is 7.18. The molecule has 1 aromatic carbocycles. The number of benzene rings is 1. The molecule has 1 amide bonds. The lowest BCUT2D eigenvalue weighted by atomic mass is 10.0. The van der Waals surface area contributed by atoms with E-state index in [0.717, 1.165) is 30.7 Å². The Labute approximate surface area is 123 Å². The van der Waals surface area contributed by atoms with Crippen molar-refractivity contribution in [2.45, 2.75) is 12.8 Å². The van der Waals surface area contributed by atoms with E-state index in [2.05, 4.69) is 15.4 Å². The minimum Gasteiger partial charge on any atom is -0.381 e. The fraction of sp³-hybridized carbons (Fsp3) is 0.400. The molecule has 1 saturated heterocycles. The zero-order valence-corrected chi connectivity index (χ0v) is 12.0. The molecular weight excluding hydrogens is 268 g/mol. The lowest BCUT2D eigenvalue weighted by molar-refractivity contribution is -0.123. The summed E-state index contributed by atoms with van der Waals surface area (Å²) in [4.78, 5) is 16.3. The second-order valence-electron chi connectivity index (χ2n) is 5.22. The van der Waals surface area contributed by atoms with E-state index in [1.165, 1.54) is 0 Å². The number of carbonyl (C=O) groups is 1. The summed E-state index contributed by atoms with van der Waals surface area (Å²) >= 11 is 0. The number of rotatable bonds is 3. The van der Waals surface area contributed by atoms with Gasteiger partial charge in [0.25, 0.3) is 0 Å². The molecule has 1 atom stereocenters. The summed E-state index contributed by atoms with van der Waals surface area (Å²) < 4.78 is 7.00. The maximum absolute atomic E-state index is 12.1. The minimum atomic E-state index is -0.0455. The SMILES string of the molecule is Cn1cnc(-c2ccc(NC(=O)[C@H]3CCCOC3)cc2)n1. The number of hydrogen-bond donors (Lipinski definition) is 1. The van der Waals surface area contributed by atoms with Crippen LogP contribution < -0.4 is 5.32 Å². The van der Waals surface area contributed by atoms with Crippen LogP contribution in [0.4, 0.5) is 5.69 Å². The number of hydrogen-bond acceptors (Lipinski definition) is 4. The van der Waals surface area contributed by atoms with Crippen LogP contribution >= 0.6 is 0 Å². The topological polar surface area (TPSA) is 69.0 Å². The molecule has 2 heterocycles. The first-order valence-corrected chi connectivity index (χ1v) is 7.07. The van der Waals surface area contributed by atoms with Gasteiger partial charge in [-0.15, -0.1) is 0 Å². The van der Waals surface area contributed by atoms with Gasteiger partial charge >= 0.3 is 0 Å². The number of nitrogens with one attached hydrogen (secondary N) is 1. The maximum Gasteiger partial charge on any atom is 0.229 e. The molecule has 0 aliphatic carbocycles. The molecule has 2 aromatic rings. The van der Waals surface area contributed by atoms with E-state index >= 15 is 0 Å². The molecule has 3 rings (SSSR count). The largest absolute Gasteiger partial charge is 0.381 e. The average molecular weight is 286 g/mol. The fourth-order valence-electron chi connectivity index (χ4n) is 2.37. The van der Waals surface area contributed by atoms with E-state index in [0.29, 0.717) is 12.4 Å². The molecule has 0 radical (unpaired) electrons. The van der Waals surface area contributed by atoms with Crippen LogP contribution in [0, 0.1) is 5.92 Å². The Morgan fingerprint density at radius 2 is 2.19 bits per heavy atom. The van der Waals surface area contributed by atoms with Crippen molar-refractivity contribution in [1.82, 2.24) is 14.8 Å². The minimum absolute atomic E-state index is 0.0263. The Morgan fingerprint density at radius 1 is 1.38 bits per heavy atom. The van der Waals surface area contributed by atoms with Gasteiger partial charge in [0.1, 0.15) is 6.33 Å². The first-order valence-electron chi connectivity index (χ1n) is 7.07. The van der Waals surface area contributed by atoms with E-state index in [1.54, 1.807) is 11.0 Å². The van der Waals surface area contributed by atoms with Crippen LogP contribution in [0.15, 0.2) is 30.6 Å². The zero-order valence-electron chi connectivity index (χ0n) is 12.0. The number of amides is 1. The number of ether oxygens (including phenoxy) is 1. The summed E-state index contributed by atoms with van der Waals surface area (Å²) in [6.07, 6.45) is 3.50. The van der Waals surface area contributed by atoms with Gasteiger partial charge in [0.15, 0.2) is 5.82 Å². The Bertz CT molecular complexity index is 615. The smallest absolute Gasteiger partial charge is 0.229 e. The molecule has 1 N–H and O–H groups in total. The van der Waals surface area contributed by atoms with Crippen LogP contribution in [0.2, 0.25) is 0 Å². The summed E-state index contributed by atoms with van der Waals surface area (Å²) in [6.45, 7) is 1.28. The van der Waals surface area contributed by atoms with Crippen LogP contribution in [0.5, 0.6) is 0 Å². The monoisotopic (exact) mass is 286 g/mol. The third-order valence-corrected chi connectivity index (χ3v) is 3.54. The van der Waals surface area contributed by atoms with Crippen LogP contribution in [-0.4, -0.2) is 33.9 Å². The third-order valence-electron chi connectivity index (χ3n) is 3.54. The van der Waals surface area contributed by atoms with Gasteiger partial charge < -0.3 is 10.1 Å². The van der Waals surface area contributed by atoms with Gasteiger partial charge in [-0.25, -0.2) is 4.98 Å². The van der Waals surface area contributed by atoms with Gasteiger partial charge in [-0.2, -0.15) is 5.10 Å². The molecule has 6 heteroatoms. The first-order chi connectivity index (χ1) is 10.2. The highest BCUT2D eigenvalue weighted by atomic mass is 16.5. The molecule has 0 spiro atoms. The molecule has 6 nitrogen and oxygen atoms in total. The predicted molar refractivity (Wildman–Crippen MR) is 78.6 cm³/mol. The number of aryl methyl sites for hydroxylation is 1. The Morgan fingerprint density at radius 3 is 2.81 bits per heavy atom. The molecule has 0 bridgehead atoms. The van der Waals surface area contributed by atoms with Crippen LogP contribution in [0.25, 0.3) is 11.4 Å². The van der Waals surface area contributed by atoms with Gasteiger partial charge in [0, 0.05) is 24.9 Å². The van der Waals surface area contributed by atoms with Crippen molar-refractivity contribution in [2.24, 2.45) is 13.0 Å². The Balaban J connectivity index is 1.65. The van der Waals surface area contributed by atoms with Gasteiger partial charge in [0.2, 0.25) is 5.91 Å².